The molecule has 3 aromatic heterocycles. The monoisotopic (exact) mass is 468 g/mol. The number of carbonyl (C=O) groups excluding carboxylic acids is 1. The van der Waals surface area contributed by atoms with Gasteiger partial charge in [-0.3, -0.25) is 9.48 Å². The van der Waals surface area contributed by atoms with Gasteiger partial charge in [-0.05, 0) is 61.9 Å². The van der Waals surface area contributed by atoms with E-state index in [0.717, 1.165) is 28.0 Å². The standard InChI is InChI=1S/C23H22Cl2N6O/c1-13-9-20(29-30(13)11-16-5-6-17(24)10-19(16)25)27-21(32)12-31-23-22(14(2)28-31)18(7-8-26-23)15-3-4-15/h5-10,15H,3-4,11-12H2,1-2H3,(H,27,29,32). The topological polar surface area (TPSA) is 77.6 Å². The molecule has 1 aromatic carbocycles. The van der Waals surface area contributed by atoms with Crippen LogP contribution >= 0.6 is 23.2 Å². The molecule has 0 spiro atoms. The van der Waals surface area contributed by atoms with Gasteiger partial charge in [0.1, 0.15) is 6.54 Å². The van der Waals surface area contributed by atoms with Crippen molar-refractivity contribution in [3.05, 3.63) is 69.1 Å². The number of anilines is 1. The Labute approximate surface area is 195 Å². The first-order valence-electron chi connectivity index (χ1n) is 10.5. The lowest BCUT2D eigenvalue weighted by atomic mass is 10.1. The van der Waals surface area contributed by atoms with Crippen LogP contribution in [0.5, 0.6) is 0 Å². The molecule has 0 bridgehead atoms. The van der Waals surface area contributed by atoms with E-state index in [1.54, 1.807) is 27.7 Å². The molecule has 32 heavy (non-hydrogen) atoms. The van der Waals surface area contributed by atoms with Crippen molar-refractivity contribution < 1.29 is 4.79 Å². The Morgan fingerprint density at radius 2 is 1.94 bits per heavy atom. The summed E-state index contributed by atoms with van der Waals surface area (Å²) in [6.07, 6.45) is 4.21. The number of carbonyl (C=O) groups is 1. The van der Waals surface area contributed by atoms with Crippen LogP contribution in [0.25, 0.3) is 11.0 Å². The van der Waals surface area contributed by atoms with E-state index >= 15 is 0 Å². The molecule has 3 heterocycles. The number of hydrogen-bond donors (Lipinski definition) is 1. The van der Waals surface area contributed by atoms with Crippen LogP contribution < -0.4 is 5.32 Å². The van der Waals surface area contributed by atoms with Crippen molar-refractivity contribution >= 4 is 46.0 Å². The zero-order chi connectivity index (χ0) is 22.4. The van der Waals surface area contributed by atoms with Gasteiger partial charge in [0.25, 0.3) is 0 Å². The van der Waals surface area contributed by atoms with E-state index in [4.69, 9.17) is 23.2 Å². The lowest BCUT2D eigenvalue weighted by Gasteiger charge is -2.07. The molecule has 1 saturated carbocycles. The Morgan fingerprint density at radius 1 is 1.12 bits per heavy atom. The summed E-state index contributed by atoms with van der Waals surface area (Å²) in [5, 5.41) is 14.2. The average molecular weight is 469 g/mol. The number of amides is 1. The molecule has 164 valence electrons. The predicted octanol–water partition coefficient (Wildman–Crippen LogP) is 5.12. The molecule has 0 atom stereocenters. The molecule has 1 amide bonds. The van der Waals surface area contributed by atoms with Crippen LogP contribution in [0.4, 0.5) is 5.82 Å². The smallest absolute Gasteiger partial charge is 0.247 e. The molecule has 4 aromatic rings. The van der Waals surface area contributed by atoms with Crippen molar-refractivity contribution in [1.82, 2.24) is 24.5 Å². The Bertz CT molecular complexity index is 1340. The van der Waals surface area contributed by atoms with E-state index in [2.05, 4.69) is 26.6 Å². The Hall–Kier alpha value is -2.90. The second-order valence-electron chi connectivity index (χ2n) is 8.23. The molecule has 7 nitrogen and oxygen atoms in total. The molecule has 1 fully saturated rings. The molecule has 0 unspecified atom stereocenters. The van der Waals surface area contributed by atoms with E-state index in [1.807, 2.05) is 26.0 Å². The molecule has 1 aliphatic carbocycles. The minimum absolute atomic E-state index is 0.0698. The number of rotatable bonds is 6. The zero-order valence-corrected chi connectivity index (χ0v) is 19.3. The van der Waals surface area contributed by atoms with Crippen LogP contribution in [-0.4, -0.2) is 30.5 Å². The van der Waals surface area contributed by atoms with Crippen LogP contribution in [0.2, 0.25) is 10.0 Å². The maximum Gasteiger partial charge on any atom is 0.247 e. The van der Waals surface area contributed by atoms with E-state index in [-0.39, 0.29) is 12.5 Å². The van der Waals surface area contributed by atoms with E-state index in [9.17, 15) is 4.79 Å². The largest absolute Gasteiger partial charge is 0.308 e. The highest BCUT2D eigenvalue weighted by molar-refractivity contribution is 6.35. The van der Waals surface area contributed by atoms with Gasteiger partial charge >= 0.3 is 0 Å². The average Bonchev–Trinajstić information content (AvgIpc) is 3.47. The summed E-state index contributed by atoms with van der Waals surface area (Å²) >= 11 is 12.3. The SMILES string of the molecule is Cc1nn(CC(=O)Nc2cc(C)n(Cc3ccc(Cl)cc3Cl)n2)c2nccc(C3CC3)c12. The summed E-state index contributed by atoms with van der Waals surface area (Å²) in [6.45, 7) is 4.45. The molecule has 1 aliphatic rings. The Balaban J connectivity index is 1.32. The van der Waals surface area contributed by atoms with Gasteiger partial charge in [0.2, 0.25) is 5.91 Å². The summed E-state index contributed by atoms with van der Waals surface area (Å²) in [7, 11) is 0. The third kappa shape index (κ3) is 4.10. The fourth-order valence-electron chi connectivity index (χ4n) is 4.02. The van der Waals surface area contributed by atoms with Gasteiger partial charge in [-0.2, -0.15) is 10.2 Å². The molecule has 0 saturated heterocycles. The first-order valence-corrected chi connectivity index (χ1v) is 11.2. The first-order chi connectivity index (χ1) is 15.4. The third-order valence-electron chi connectivity index (χ3n) is 5.73. The zero-order valence-electron chi connectivity index (χ0n) is 17.8. The van der Waals surface area contributed by atoms with Crippen molar-refractivity contribution in [2.24, 2.45) is 0 Å². The molecule has 0 radical (unpaired) electrons. The highest BCUT2D eigenvalue weighted by Crippen LogP contribution is 2.43. The molecule has 5 rings (SSSR count). The van der Waals surface area contributed by atoms with Crippen molar-refractivity contribution in [2.75, 3.05) is 5.32 Å². The highest BCUT2D eigenvalue weighted by Gasteiger charge is 2.27. The second-order valence-corrected chi connectivity index (χ2v) is 9.07. The van der Waals surface area contributed by atoms with Crippen molar-refractivity contribution in [1.29, 1.82) is 0 Å². The quantitative estimate of drug-likeness (QED) is 0.426. The van der Waals surface area contributed by atoms with Crippen LogP contribution in [-0.2, 0) is 17.9 Å². The van der Waals surface area contributed by atoms with Crippen LogP contribution in [0.1, 0.15) is 41.3 Å². The van der Waals surface area contributed by atoms with Crippen molar-refractivity contribution in [2.45, 2.75) is 45.7 Å². The lowest BCUT2D eigenvalue weighted by molar-refractivity contribution is -0.116. The number of fused-ring (bicyclic) bond motifs is 1. The highest BCUT2D eigenvalue weighted by atomic mass is 35.5. The summed E-state index contributed by atoms with van der Waals surface area (Å²) in [4.78, 5) is 17.2. The number of nitrogens with zero attached hydrogens (tertiary/aromatic N) is 5. The number of pyridine rings is 1. The molecular weight excluding hydrogens is 447 g/mol. The second kappa shape index (κ2) is 8.22. The van der Waals surface area contributed by atoms with Gasteiger partial charge in [-0.25, -0.2) is 9.67 Å². The van der Waals surface area contributed by atoms with Crippen LogP contribution in [0, 0.1) is 13.8 Å². The van der Waals surface area contributed by atoms with Crippen molar-refractivity contribution in [3.63, 3.8) is 0 Å². The van der Waals surface area contributed by atoms with Gasteiger partial charge in [0.05, 0.1) is 12.2 Å². The predicted molar refractivity (Wildman–Crippen MR) is 125 cm³/mol. The number of nitrogens with one attached hydrogen (secondary N) is 1. The van der Waals surface area contributed by atoms with Gasteiger partial charge in [0, 0.05) is 33.4 Å². The molecule has 0 aliphatic heterocycles. The van der Waals surface area contributed by atoms with Gasteiger partial charge in [0.15, 0.2) is 11.5 Å². The van der Waals surface area contributed by atoms with E-state index in [1.165, 1.54) is 18.4 Å². The number of hydrogen-bond acceptors (Lipinski definition) is 4. The van der Waals surface area contributed by atoms with E-state index < -0.39 is 0 Å². The Morgan fingerprint density at radius 3 is 2.69 bits per heavy atom. The minimum atomic E-state index is -0.206. The summed E-state index contributed by atoms with van der Waals surface area (Å²) in [5.41, 5.74) is 4.75. The van der Waals surface area contributed by atoms with Crippen LogP contribution in [0.15, 0.2) is 36.5 Å². The van der Waals surface area contributed by atoms with Crippen molar-refractivity contribution in [3.8, 4) is 0 Å². The number of aryl methyl sites for hydroxylation is 2. The number of halogens is 2. The fourth-order valence-corrected chi connectivity index (χ4v) is 4.48. The van der Waals surface area contributed by atoms with Gasteiger partial charge in [-0.15, -0.1) is 0 Å². The van der Waals surface area contributed by atoms with Gasteiger partial charge < -0.3 is 5.32 Å². The fraction of sp³-hybridized carbons (Fsp3) is 0.304. The lowest BCUT2D eigenvalue weighted by Crippen LogP contribution is -2.20. The van der Waals surface area contributed by atoms with E-state index in [0.29, 0.717) is 28.3 Å². The number of benzene rings is 1. The summed E-state index contributed by atoms with van der Waals surface area (Å²) in [6, 6.07) is 9.28. The Kier molecular flexibility index (Phi) is 5.39. The normalized spacial score (nSPS) is 13.6. The minimum Gasteiger partial charge on any atom is -0.308 e. The summed E-state index contributed by atoms with van der Waals surface area (Å²) in [5.74, 6) is 0.867. The molecule has 9 heteroatoms. The van der Waals surface area contributed by atoms with Crippen LogP contribution in [0.3, 0.4) is 0 Å². The number of aromatic nitrogens is 5. The maximum atomic E-state index is 12.8. The third-order valence-corrected chi connectivity index (χ3v) is 6.32. The summed E-state index contributed by atoms with van der Waals surface area (Å²) < 4.78 is 3.46. The maximum absolute atomic E-state index is 12.8. The first kappa shape index (κ1) is 21.0. The molecule has 1 N–H and O–H groups in total. The molecular formula is C23H22Cl2N6O. The van der Waals surface area contributed by atoms with Gasteiger partial charge in [-0.1, -0.05) is 29.3 Å².